The molecule has 21 heavy (non-hydrogen) atoms. The van der Waals surface area contributed by atoms with E-state index in [4.69, 9.17) is 0 Å². The van der Waals surface area contributed by atoms with E-state index in [-0.39, 0.29) is 4.31 Å². The van der Waals surface area contributed by atoms with Crippen LogP contribution in [0.25, 0.3) is 0 Å². The van der Waals surface area contributed by atoms with E-state index in [9.17, 15) is 33.9 Å². The van der Waals surface area contributed by atoms with Crippen LogP contribution in [0.1, 0.15) is 6.92 Å². The first-order valence-corrected chi connectivity index (χ1v) is 8.32. The first-order valence-electron chi connectivity index (χ1n) is 5.49. The summed E-state index contributed by atoms with van der Waals surface area (Å²) in [6, 6.07) is 2.81. The Morgan fingerprint density at radius 1 is 1.00 bits per heavy atom. The molecule has 1 aromatic carbocycles. The molecular formula is C10H11F4NO4S2. The van der Waals surface area contributed by atoms with Gasteiger partial charge < -0.3 is 0 Å². The highest BCUT2D eigenvalue weighted by molar-refractivity contribution is 7.89. The molecule has 0 aliphatic heterocycles. The number of alkyl halides is 3. The van der Waals surface area contributed by atoms with E-state index >= 15 is 0 Å². The van der Waals surface area contributed by atoms with Crippen LogP contribution in [0.15, 0.2) is 34.1 Å². The van der Waals surface area contributed by atoms with Crippen molar-refractivity contribution in [2.75, 3.05) is 13.1 Å². The van der Waals surface area contributed by atoms with Crippen LogP contribution in [-0.2, 0) is 20.2 Å². The number of sulfonamides is 1. The van der Waals surface area contributed by atoms with Crippen LogP contribution in [0.2, 0.25) is 0 Å². The van der Waals surface area contributed by atoms with Crippen molar-refractivity contribution in [2.45, 2.75) is 22.9 Å². The van der Waals surface area contributed by atoms with E-state index < -0.39 is 49.3 Å². The van der Waals surface area contributed by atoms with Gasteiger partial charge in [0.25, 0.3) is 0 Å². The number of hydrogen-bond donors (Lipinski definition) is 0. The Bertz CT molecular complexity index is 696. The van der Waals surface area contributed by atoms with Crippen molar-refractivity contribution in [2.24, 2.45) is 0 Å². The molecule has 0 unspecified atom stereocenters. The molecule has 0 fully saturated rings. The van der Waals surface area contributed by atoms with E-state index in [1.165, 1.54) is 6.92 Å². The lowest BCUT2D eigenvalue weighted by Crippen LogP contribution is -2.38. The van der Waals surface area contributed by atoms with E-state index in [2.05, 4.69) is 0 Å². The second-order valence-electron chi connectivity index (χ2n) is 3.96. The Hall–Kier alpha value is -1.20. The lowest BCUT2D eigenvalue weighted by molar-refractivity contribution is -0.135. The smallest absolute Gasteiger partial charge is 0.207 e. The minimum absolute atomic E-state index is 0.186. The average Bonchev–Trinajstić information content (AvgIpc) is 2.34. The predicted octanol–water partition coefficient (Wildman–Crippen LogP) is 1.92. The molecule has 0 saturated carbocycles. The fourth-order valence-electron chi connectivity index (χ4n) is 1.49. The van der Waals surface area contributed by atoms with Gasteiger partial charge in [-0.2, -0.15) is 25.9 Å². The molecule has 0 aliphatic rings. The third kappa shape index (κ3) is 4.64. The van der Waals surface area contributed by atoms with Gasteiger partial charge in [0.2, 0.25) is 10.0 Å². The third-order valence-electron chi connectivity index (χ3n) is 2.45. The van der Waals surface area contributed by atoms with Gasteiger partial charge in [-0.25, -0.2) is 8.42 Å². The molecule has 0 aromatic heterocycles. The average molecular weight is 349 g/mol. The van der Waals surface area contributed by atoms with Gasteiger partial charge in [0.15, 0.2) is 0 Å². The van der Waals surface area contributed by atoms with E-state index in [1.54, 1.807) is 0 Å². The minimum atomic E-state index is -5.01. The van der Waals surface area contributed by atoms with Crippen LogP contribution in [0.4, 0.5) is 17.1 Å². The van der Waals surface area contributed by atoms with Crippen molar-refractivity contribution in [1.29, 1.82) is 0 Å². The molecule has 0 aliphatic carbocycles. The lowest BCUT2D eigenvalue weighted by atomic mass is 10.4. The second-order valence-corrected chi connectivity index (χ2v) is 7.24. The highest BCUT2D eigenvalue weighted by atomic mass is 32.3. The molecule has 0 N–H and O–H groups in total. The monoisotopic (exact) mass is 349 g/mol. The summed E-state index contributed by atoms with van der Waals surface area (Å²) in [6.07, 6.45) is -4.72. The molecule has 11 heteroatoms. The molecule has 0 spiro atoms. The number of benzene rings is 1. The maximum Gasteiger partial charge on any atom is 0.402 e. The normalized spacial score (nSPS) is 13.6. The van der Waals surface area contributed by atoms with E-state index in [0.29, 0.717) is 12.1 Å². The lowest BCUT2D eigenvalue weighted by Gasteiger charge is -2.21. The van der Waals surface area contributed by atoms with Crippen molar-refractivity contribution in [1.82, 2.24) is 4.31 Å². The summed E-state index contributed by atoms with van der Waals surface area (Å²) in [5.74, 6) is 0. The van der Waals surface area contributed by atoms with Crippen LogP contribution in [-0.4, -0.2) is 40.4 Å². The molecule has 0 radical (unpaired) electrons. The van der Waals surface area contributed by atoms with Crippen LogP contribution in [0.3, 0.4) is 0 Å². The Morgan fingerprint density at radius 3 is 1.76 bits per heavy atom. The SMILES string of the molecule is CCN(CC(F)(F)F)S(=O)(=O)c1ccc(S(=O)(=O)F)cc1. The second kappa shape index (κ2) is 5.89. The minimum Gasteiger partial charge on any atom is -0.207 e. The van der Waals surface area contributed by atoms with Crippen molar-refractivity contribution in [3.63, 3.8) is 0 Å². The third-order valence-corrected chi connectivity index (χ3v) is 5.22. The zero-order valence-electron chi connectivity index (χ0n) is 10.6. The van der Waals surface area contributed by atoms with Crippen LogP contribution >= 0.6 is 0 Å². The van der Waals surface area contributed by atoms with Crippen LogP contribution in [0.5, 0.6) is 0 Å². The van der Waals surface area contributed by atoms with Gasteiger partial charge in [-0.15, -0.1) is 3.89 Å². The summed E-state index contributed by atoms with van der Waals surface area (Å²) < 4.78 is 95.0. The zero-order chi connectivity index (χ0) is 16.5. The van der Waals surface area contributed by atoms with E-state index in [1.807, 2.05) is 0 Å². The predicted molar refractivity (Wildman–Crippen MR) is 65.2 cm³/mol. The molecule has 1 rings (SSSR count). The topological polar surface area (TPSA) is 71.5 Å². The highest BCUT2D eigenvalue weighted by Gasteiger charge is 2.36. The summed E-state index contributed by atoms with van der Waals surface area (Å²) in [4.78, 5) is -1.33. The fourth-order valence-corrected chi connectivity index (χ4v) is 3.39. The zero-order valence-corrected chi connectivity index (χ0v) is 12.3. The molecule has 1 aromatic rings. The molecule has 5 nitrogen and oxygen atoms in total. The van der Waals surface area contributed by atoms with Gasteiger partial charge in [0.1, 0.15) is 6.54 Å². The molecule has 0 saturated heterocycles. The number of halogens is 4. The Kier molecular flexibility index (Phi) is 5.01. The maximum absolute atomic E-state index is 12.7. The highest BCUT2D eigenvalue weighted by Crippen LogP contribution is 2.23. The Labute approximate surface area is 119 Å². The number of nitrogens with zero attached hydrogens (tertiary/aromatic N) is 1. The quantitative estimate of drug-likeness (QED) is 0.601. The summed E-state index contributed by atoms with van der Waals surface area (Å²) >= 11 is 0. The Morgan fingerprint density at radius 2 is 1.43 bits per heavy atom. The number of hydrogen-bond acceptors (Lipinski definition) is 4. The molecule has 0 bridgehead atoms. The van der Waals surface area contributed by atoms with Gasteiger partial charge >= 0.3 is 16.4 Å². The van der Waals surface area contributed by atoms with Crippen molar-refractivity contribution in [3.05, 3.63) is 24.3 Å². The van der Waals surface area contributed by atoms with Gasteiger partial charge in [0, 0.05) is 6.54 Å². The molecule has 0 amide bonds. The van der Waals surface area contributed by atoms with Crippen LogP contribution in [0, 0.1) is 0 Å². The van der Waals surface area contributed by atoms with Crippen LogP contribution < -0.4 is 0 Å². The summed E-state index contributed by atoms with van der Waals surface area (Å²) in [6.45, 7) is -0.871. The molecular weight excluding hydrogens is 338 g/mol. The fraction of sp³-hybridized carbons (Fsp3) is 0.400. The van der Waals surface area contributed by atoms with Gasteiger partial charge in [0.05, 0.1) is 9.79 Å². The van der Waals surface area contributed by atoms with Crippen molar-refractivity contribution < 1.29 is 33.9 Å². The molecule has 120 valence electrons. The summed E-state index contributed by atoms with van der Waals surface area (Å²) in [5.41, 5.74) is 0. The summed E-state index contributed by atoms with van der Waals surface area (Å²) in [7, 11) is -9.46. The van der Waals surface area contributed by atoms with Crippen molar-refractivity contribution in [3.8, 4) is 0 Å². The summed E-state index contributed by atoms with van der Waals surface area (Å²) in [5, 5.41) is 0. The standard InChI is InChI=1S/C10H11F4NO4S2/c1-2-15(7-10(11,12)13)21(18,19)9-5-3-8(4-6-9)20(14,16)17/h3-6H,2,7H2,1H3. The van der Waals surface area contributed by atoms with Gasteiger partial charge in [-0.1, -0.05) is 6.92 Å². The number of rotatable bonds is 5. The van der Waals surface area contributed by atoms with Gasteiger partial charge in [-0.05, 0) is 24.3 Å². The first-order chi connectivity index (χ1) is 9.38. The molecule has 0 atom stereocenters. The first kappa shape index (κ1) is 17.9. The largest absolute Gasteiger partial charge is 0.402 e. The maximum atomic E-state index is 12.7. The molecule has 0 heterocycles. The van der Waals surface area contributed by atoms with E-state index in [0.717, 1.165) is 12.1 Å². The Balaban J connectivity index is 3.18. The van der Waals surface area contributed by atoms with Gasteiger partial charge in [-0.3, -0.25) is 0 Å². The van der Waals surface area contributed by atoms with Crippen molar-refractivity contribution >= 4 is 20.2 Å².